The number of fused-ring (bicyclic) bond motifs is 9. The predicted molar refractivity (Wildman–Crippen MR) is 132 cm³/mol. The molecule has 0 N–H and O–H groups in total. The highest BCUT2D eigenvalue weighted by molar-refractivity contribution is 5.88. The summed E-state index contributed by atoms with van der Waals surface area (Å²) in [4.78, 5) is 0. The van der Waals surface area contributed by atoms with Gasteiger partial charge in [-0.15, -0.1) is 0 Å². The number of rotatable bonds is 1. The van der Waals surface area contributed by atoms with Crippen LogP contribution >= 0.6 is 0 Å². The molecule has 0 fully saturated rings. The van der Waals surface area contributed by atoms with Gasteiger partial charge in [-0.05, 0) is 68.1 Å². The van der Waals surface area contributed by atoms with Gasteiger partial charge in [-0.2, -0.15) is 0 Å². The zero-order valence-electron chi connectivity index (χ0n) is 17.8. The normalized spacial score (nSPS) is 14.4. The molecular weight excluding hydrogens is 384 g/mol. The van der Waals surface area contributed by atoms with Crippen LogP contribution in [0.4, 0.5) is 0 Å². The van der Waals surface area contributed by atoms with E-state index in [0.29, 0.717) is 0 Å². The van der Waals surface area contributed by atoms with E-state index in [-0.39, 0.29) is 5.41 Å². The first-order chi connectivity index (χ1) is 15.9. The van der Waals surface area contributed by atoms with E-state index in [4.69, 9.17) is 0 Å². The molecule has 5 aromatic carbocycles. The van der Waals surface area contributed by atoms with E-state index in [1.807, 2.05) is 0 Å². The third kappa shape index (κ3) is 2.22. The van der Waals surface area contributed by atoms with Gasteiger partial charge in [0.2, 0.25) is 0 Å². The van der Waals surface area contributed by atoms with E-state index < -0.39 is 0 Å². The summed E-state index contributed by atoms with van der Waals surface area (Å²) in [7, 11) is 0. The SMILES string of the molecule is c1ccc(-c2ccc3c(c2)C2(c4ccccc4C3)c3ccccc3-c3ccccc32)cc1. The summed E-state index contributed by atoms with van der Waals surface area (Å²) in [6.07, 6.45) is 0.979. The van der Waals surface area contributed by atoms with Crippen LogP contribution in [-0.2, 0) is 11.8 Å². The molecule has 0 heterocycles. The molecule has 2 aliphatic rings. The van der Waals surface area contributed by atoms with Gasteiger partial charge in [-0.1, -0.05) is 115 Å². The molecule has 0 heteroatoms. The van der Waals surface area contributed by atoms with Crippen molar-refractivity contribution in [3.8, 4) is 22.3 Å². The number of hydrogen-bond acceptors (Lipinski definition) is 0. The molecule has 0 saturated carbocycles. The third-order valence-electron chi connectivity index (χ3n) is 7.38. The van der Waals surface area contributed by atoms with Crippen molar-refractivity contribution >= 4 is 0 Å². The molecule has 0 nitrogen and oxygen atoms in total. The van der Waals surface area contributed by atoms with E-state index in [2.05, 4.69) is 121 Å². The minimum absolute atomic E-state index is 0.276. The number of benzene rings is 5. The zero-order valence-corrected chi connectivity index (χ0v) is 17.8. The molecule has 0 amide bonds. The summed E-state index contributed by atoms with van der Waals surface area (Å²) in [5.41, 5.74) is 13.5. The van der Waals surface area contributed by atoms with Gasteiger partial charge >= 0.3 is 0 Å². The number of hydrogen-bond donors (Lipinski definition) is 0. The Morgan fingerprint density at radius 1 is 0.406 bits per heavy atom. The first-order valence-corrected chi connectivity index (χ1v) is 11.3. The van der Waals surface area contributed by atoms with E-state index in [1.54, 1.807) is 0 Å². The fraction of sp³-hybridized carbons (Fsp3) is 0.0625. The fourth-order valence-corrected chi connectivity index (χ4v) is 6.10. The van der Waals surface area contributed by atoms with Crippen LogP contribution in [0.25, 0.3) is 22.3 Å². The molecule has 0 unspecified atom stereocenters. The maximum absolute atomic E-state index is 2.46. The predicted octanol–water partition coefficient (Wildman–Crippen LogP) is 7.62. The smallest absolute Gasteiger partial charge is 0.0622 e. The Balaban J connectivity index is 1.64. The fourth-order valence-electron chi connectivity index (χ4n) is 6.10. The highest BCUT2D eigenvalue weighted by atomic mass is 14.5. The lowest BCUT2D eigenvalue weighted by Crippen LogP contribution is -2.34. The largest absolute Gasteiger partial charge is 0.0719 e. The van der Waals surface area contributed by atoms with Crippen molar-refractivity contribution < 1.29 is 0 Å². The van der Waals surface area contributed by atoms with E-state index in [9.17, 15) is 0 Å². The standard InChI is InChI=1S/C32H22/c1-2-10-22(11-3-1)23-18-19-25-20-24-12-4-7-15-28(24)32(31(25)21-23)29-16-8-5-13-26(29)27-14-6-9-17-30(27)32/h1-19,21H,20H2. The molecule has 0 bridgehead atoms. The van der Waals surface area contributed by atoms with Crippen LogP contribution in [-0.4, -0.2) is 0 Å². The molecule has 2 aliphatic carbocycles. The summed E-state index contributed by atoms with van der Waals surface area (Å²) >= 11 is 0. The molecule has 32 heavy (non-hydrogen) atoms. The Bertz CT molecular complexity index is 1440. The van der Waals surface area contributed by atoms with Crippen molar-refractivity contribution in [2.75, 3.05) is 0 Å². The van der Waals surface area contributed by atoms with Crippen LogP contribution in [0.5, 0.6) is 0 Å². The minimum Gasteiger partial charge on any atom is -0.0622 e. The zero-order chi connectivity index (χ0) is 21.1. The second-order valence-corrected chi connectivity index (χ2v) is 8.91. The monoisotopic (exact) mass is 406 g/mol. The summed E-state index contributed by atoms with van der Waals surface area (Å²) in [6, 6.07) is 44.9. The molecule has 5 aromatic rings. The maximum Gasteiger partial charge on any atom is 0.0719 e. The van der Waals surface area contributed by atoms with Crippen molar-refractivity contribution in [2.45, 2.75) is 11.8 Å². The van der Waals surface area contributed by atoms with E-state index >= 15 is 0 Å². The first kappa shape index (κ1) is 17.7. The van der Waals surface area contributed by atoms with Gasteiger partial charge in [0.25, 0.3) is 0 Å². The molecule has 1 spiro atoms. The Morgan fingerprint density at radius 2 is 0.969 bits per heavy atom. The van der Waals surface area contributed by atoms with Gasteiger partial charge in [0.15, 0.2) is 0 Å². The molecule has 0 atom stereocenters. The molecule has 0 saturated heterocycles. The first-order valence-electron chi connectivity index (χ1n) is 11.3. The van der Waals surface area contributed by atoms with Crippen molar-refractivity contribution in [3.63, 3.8) is 0 Å². The second kappa shape index (κ2) is 6.55. The van der Waals surface area contributed by atoms with Crippen LogP contribution < -0.4 is 0 Å². The molecular formula is C32H22. The van der Waals surface area contributed by atoms with Crippen molar-refractivity contribution in [1.82, 2.24) is 0 Å². The van der Waals surface area contributed by atoms with Gasteiger partial charge in [0, 0.05) is 0 Å². The Hall–Kier alpha value is -3.90. The lowest BCUT2D eigenvalue weighted by atomic mass is 9.61. The van der Waals surface area contributed by atoms with Crippen molar-refractivity contribution in [3.05, 3.63) is 155 Å². The van der Waals surface area contributed by atoms with Crippen LogP contribution in [0.2, 0.25) is 0 Å². The van der Waals surface area contributed by atoms with Gasteiger partial charge in [0.05, 0.1) is 5.41 Å². The quantitative estimate of drug-likeness (QED) is 0.263. The molecule has 0 aliphatic heterocycles. The summed E-state index contributed by atoms with van der Waals surface area (Å²) in [5.74, 6) is 0. The average Bonchev–Trinajstić information content (AvgIpc) is 3.16. The third-order valence-corrected chi connectivity index (χ3v) is 7.38. The Labute approximate surface area is 188 Å². The highest BCUT2D eigenvalue weighted by Crippen LogP contribution is 2.59. The van der Waals surface area contributed by atoms with E-state index in [0.717, 1.165) is 6.42 Å². The average molecular weight is 407 g/mol. The Morgan fingerprint density at radius 3 is 1.69 bits per heavy atom. The van der Waals surface area contributed by atoms with Crippen molar-refractivity contribution in [2.24, 2.45) is 0 Å². The highest BCUT2D eigenvalue weighted by Gasteiger charge is 2.49. The van der Waals surface area contributed by atoms with Crippen LogP contribution in [0.3, 0.4) is 0 Å². The molecule has 0 aromatic heterocycles. The van der Waals surface area contributed by atoms with Gasteiger partial charge in [0.1, 0.15) is 0 Å². The topological polar surface area (TPSA) is 0 Å². The van der Waals surface area contributed by atoms with Crippen LogP contribution in [0, 0.1) is 0 Å². The lowest BCUT2D eigenvalue weighted by Gasteiger charge is -2.40. The maximum atomic E-state index is 2.46. The van der Waals surface area contributed by atoms with Gasteiger partial charge < -0.3 is 0 Å². The van der Waals surface area contributed by atoms with Crippen molar-refractivity contribution in [1.29, 1.82) is 0 Å². The Kier molecular flexibility index (Phi) is 3.63. The summed E-state index contributed by atoms with van der Waals surface area (Å²) in [5, 5.41) is 0. The van der Waals surface area contributed by atoms with E-state index in [1.165, 1.54) is 55.6 Å². The lowest BCUT2D eigenvalue weighted by molar-refractivity contribution is 0.722. The molecule has 150 valence electrons. The minimum atomic E-state index is -0.276. The van der Waals surface area contributed by atoms with Crippen LogP contribution in [0.15, 0.2) is 121 Å². The van der Waals surface area contributed by atoms with Gasteiger partial charge in [-0.25, -0.2) is 0 Å². The van der Waals surface area contributed by atoms with Crippen LogP contribution in [0.1, 0.15) is 33.4 Å². The second-order valence-electron chi connectivity index (χ2n) is 8.91. The summed E-state index contributed by atoms with van der Waals surface area (Å²) in [6.45, 7) is 0. The molecule has 7 rings (SSSR count). The molecule has 0 radical (unpaired) electrons. The summed E-state index contributed by atoms with van der Waals surface area (Å²) < 4.78 is 0. The van der Waals surface area contributed by atoms with Gasteiger partial charge in [-0.3, -0.25) is 0 Å².